The first kappa shape index (κ1) is 17.7. The van der Waals surface area contributed by atoms with Gasteiger partial charge < -0.3 is 9.88 Å². The molecule has 2 N–H and O–H groups in total. The topological polar surface area (TPSA) is 106 Å². The lowest BCUT2D eigenvalue weighted by atomic mass is 10.1. The van der Waals surface area contributed by atoms with Crippen molar-refractivity contribution in [2.24, 2.45) is 0 Å². The van der Waals surface area contributed by atoms with Crippen LogP contribution in [0.4, 0.5) is 5.13 Å². The van der Waals surface area contributed by atoms with Crippen LogP contribution in [0.25, 0.3) is 10.8 Å². The molecule has 0 atom stereocenters. The molecular weight excluding hydrogens is 354 g/mol. The highest BCUT2D eigenvalue weighted by atomic mass is 32.1. The van der Waals surface area contributed by atoms with Gasteiger partial charge in [-0.3, -0.25) is 19.7 Å². The van der Waals surface area contributed by atoms with Crippen molar-refractivity contribution in [2.45, 2.75) is 20.4 Å². The molecule has 2 heterocycles. The number of anilines is 1. The number of benzene rings is 1. The maximum atomic E-state index is 12.6. The average molecular weight is 371 g/mol. The van der Waals surface area contributed by atoms with Crippen LogP contribution in [0.15, 0.2) is 35.1 Å². The van der Waals surface area contributed by atoms with Crippen molar-refractivity contribution in [2.75, 3.05) is 11.9 Å². The Bertz CT molecular complexity index is 1040. The minimum Gasteiger partial charge on any atom is -0.345 e. The summed E-state index contributed by atoms with van der Waals surface area (Å²) >= 11 is 1.25. The number of aryl methyl sites for hydroxylation is 2. The van der Waals surface area contributed by atoms with E-state index in [0.29, 0.717) is 16.2 Å². The van der Waals surface area contributed by atoms with E-state index in [4.69, 9.17) is 0 Å². The van der Waals surface area contributed by atoms with Crippen LogP contribution in [0.3, 0.4) is 0 Å². The third kappa shape index (κ3) is 3.94. The van der Waals surface area contributed by atoms with Gasteiger partial charge in [0.15, 0.2) is 0 Å². The largest absolute Gasteiger partial charge is 0.345 e. The van der Waals surface area contributed by atoms with Crippen molar-refractivity contribution in [3.8, 4) is 0 Å². The average Bonchev–Trinajstić information content (AvgIpc) is 3.01. The number of amides is 2. The van der Waals surface area contributed by atoms with E-state index >= 15 is 0 Å². The van der Waals surface area contributed by atoms with E-state index < -0.39 is 11.8 Å². The Balaban J connectivity index is 1.64. The minimum atomic E-state index is -0.422. The zero-order valence-corrected chi connectivity index (χ0v) is 15.1. The number of aromatic nitrogens is 3. The summed E-state index contributed by atoms with van der Waals surface area (Å²) in [6, 6.07) is 9.07. The summed E-state index contributed by atoms with van der Waals surface area (Å²) in [6.07, 6.45) is 0. The van der Waals surface area contributed by atoms with Crippen LogP contribution in [0, 0.1) is 13.8 Å². The Morgan fingerprint density at radius 1 is 1.15 bits per heavy atom. The zero-order valence-electron chi connectivity index (χ0n) is 14.3. The van der Waals surface area contributed by atoms with Gasteiger partial charge >= 0.3 is 0 Å². The van der Waals surface area contributed by atoms with Crippen LogP contribution in [-0.2, 0) is 16.1 Å². The molecule has 0 aliphatic rings. The Kier molecular flexibility index (Phi) is 5.08. The number of carbonyl (C=O) groups is 2. The molecule has 2 aromatic heterocycles. The third-order valence-electron chi connectivity index (χ3n) is 3.75. The summed E-state index contributed by atoms with van der Waals surface area (Å²) in [5.41, 5.74) is 0.446. The summed E-state index contributed by atoms with van der Waals surface area (Å²) in [6.45, 7) is 3.18. The molecule has 26 heavy (non-hydrogen) atoms. The number of nitrogens with zero attached hydrogens (tertiary/aromatic N) is 3. The van der Waals surface area contributed by atoms with Gasteiger partial charge in [-0.25, -0.2) is 0 Å². The SMILES string of the molecule is Cc1nnc(NC(=O)CNC(=O)Cn2c(C)cc3ccccc3c2=O)s1. The highest BCUT2D eigenvalue weighted by Crippen LogP contribution is 2.13. The number of nitrogens with one attached hydrogen (secondary N) is 2. The van der Waals surface area contributed by atoms with E-state index in [1.165, 1.54) is 15.9 Å². The van der Waals surface area contributed by atoms with Crippen LogP contribution in [0.5, 0.6) is 0 Å². The Hall–Kier alpha value is -3.07. The molecular formula is C17H17N5O3S. The predicted molar refractivity (Wildman–Crippen MR) is 99.2 cm³/mol. The van der Waals surface area contributed by atoms with Crippen molar-refractivity contribution >= 4 is 39.1 Å². The first-order valence-corrected chi connectivity index (χ1v) is 8.71. The third-order valence-corrected chi connectivity index (χ3v) is 4.50. The van der Waals surface area contributed by atoms with Crippen molar-refractivity contribution in [3.63, 3.8) is 0 Å². The van der Waals surface area contributed by atoms with Gasteiger partial charge in [0.1, 0.15) is 11.6 Å². The summed E-state index contributed by atoms with van der Waals surface area (Å²) in [5, 5.41) is 15.1. The molecule has 0 bridgehead atoms. The smallest absolute Gasteiger partial charge is 0.259 e. The van der Waals surface area contributed by atoms with Crippen LogP contribution in [0.1, 0.15) is 10.7 Å². The highest BCUT2D eigenvalue weighted by Gasteiger charge is 2.12. The Labute approximate surface area is 152 Å². The normalized spacial score (nSPS) is 10.7. The van der Waals surface area contributed by atoms with Crippen LogP contribution in [0.2, 0.25) is 0 Å². The van der Waals surface area contributed by atoms with E-state index in [9.17, 15) is 14.4 Å². The lowest BCUT2D eigenvalue weighted by Crippen LogP contribution is -2.37. The van der Waals surface area contributed by atoms with Crippen molar-refractivity contribution in [1.82, 2.24) is 20.1 Å². The van der Waals surface area contributed by atoms with Crippen molar-refractivity contribution < 1.29 is 9.59 Å². The fraction of sp³-hybridized carbons (Fsp3) is 0.235. The van der Waals surface area contributed by atoms with Crippen LogP contribution in [-0.4, -0.2) is 33.1 Å². The first-order chi connectivity index (χ1) is 12.4. The van der Waals surface area contributed by atoms with Gasteiger partial charge in [-0.15, -0.1) is 10.2 Å². The van der Waals surface area contributed by atoms with E-state index in [-0.39, 0.29) is 18.6 Å². The fourth-order valence-corrected chi connectivity index (χ4v) is 3.12. The lowest BCUT2D eigenvalue weighted by Gasteiger charge is -2.11. The second-order valence-corrected chi connectivity index (χ2v) is 6.90. The van der Waals surface area contributed by atoms with Crippen LogP contribution >= 0.6 is 11.3 Å². The quantitative estimate of drug-likeness (QED) is 0.702. The Morgan fingerprint density at radius 2 is 1.92 bits per heavy atom. The lowest BCUT2D eigenvalue weighted by molar-refractivity contribution is -0.124. The van der Waals surface area contributed by atoms with E-state index in [2.05, 4.69) is 20.8 Å². The second-order valence-electron chi connectivity index (χ2n) is 5.72. The number of carbonyl (C=O) groups excluding carboxylic acids is 2. The molecule has 3 rings (SSSR count). The van der Waals surface area contributed by atoms with Gasteiger partial charge in [0.05, 0.1) is 6.54 Å². The molecule has 0 aliphatic carbocycles. The van der Waals surface area contributed by atoms with Gasteiger partial charge in [0.25, 0.3) is 5.56 Å². The molecule has 0 unspecified atom stereocenters. The molecule has 0 spiro atoms. The minimum absolute atomic E-state index is 0.152. The molecule has 8 nitrogen and oxygen atoms in total. The summed E-state index contributed by atoms with van der Waals surface area (Å²) in [4.78, 5) is 36.5. The summed E-state index contributed by atoms with van der Waals surface area (Å²) in [7, 11) is 0. The maximum absolute atomic E-state index is 12.6. The molecule has 3 aromatic rings. The van der Waals surface area contributed by atoms with Gasteiger partial charge in [0, 0.05) is 11.1 Å². The van der Waals surface area contributed by atoms with Crippen molar-refractivity contribution in [3.05, 3.63) is 51.4 Å². The molecule has 0 fully saturated rings. The number of pyridine rings is 1. The molecule has 0 saturated carbocycles. The summed E-state index contributed by atoms with van der Waals surface area (Å²) in [5.74, 6) is -0.828. The van der Waals surface area contributed by atoms with E-state index in [0.717, 1.165) is 10.4 Å². The second kappa shape index (κ2) is 7.44. The molecule has 0 aliphatic heterocycles. The highest BCUT2D eigenvalue weighted by molar-refractivity contribution is 7.15. The van der Waals surface area contributed by atoms with Crippen LogP contribution < -0.4 is 16.2 Å². The zero-order chi connectivity index (χ0) is 18.7. The predicted octanol–water partition coefficient (Wildman–Crippen LogP) is 1.22. The van der Waals surface area contributed by atoms with Gasteiger partial charge in [0.2, 0.25) is 16.9 Å². The first-order valence-electron chi connectivity index (χ1n) is 7.90. The molecule has 1 aromatic carbocycles. The van der Waals surface area contributed by atoms with Gasteiger partial charge in [-0.1, -0.05) is 29.5 Å². The number of rotatable bonds is 5. The molecule has 2 amide bonds. The standard InChI is InChI=1S/C17H17N5O3S/c1-10-7-12-5-3-4-6-13(12)16(25)22(10)9-15(24)18-8-14(23)19-17-21-20-11(2)26-17/h3-7H,8-9H2,1-2H3,(H,18,24)(H,19,21,23). The van der Waals surface area contributed by atoms with Gasteiger partial charge in [-0.2, -0.15) is 0 Å². The fourth-order valence-electron chi connectivity index (χ4n) is 2.51. The number of fused-ring (bicyclic) bond motifs is 1. The van der Waals surface area contributed by atoms with Gasteiger partial charge in [-0.05, 0) is 31.4 Å². The number of hydrogen-bond donors (Lipinski definition) is 2. The molecule has 0 radical (unpaired) electrons. The molecule has 0 saturated heterocycles. The van der Waals surface area contributed by atoms with Crippen molar-refractivity contribution in [1.29, 1.82) is 0 Å². The number of hydrogen-bond acceptors (Lipinski definition) is 6. The van der Waals surface area contributed by atoms with E-state index in [1.54, 1.807) is 26.0 Å². The maximum Gasteiger partial charge on any atom is 0.259 e. The molecule has 9 heteroatoms. The molecule has 134 valence electrons. The summed E-state index contributed by atoms with van der Waals surface area (Å²) < 4.78 is 1.39. The van der Waals surface area contributed by atoms with E-state index in [1.807, 2.05) is 18.2 Å². The monoisotopic (exact) mass is 371 g/mol. The Morgan fingerprint density at radius 3 is 2.65 bits per heavy atom.